The van der Waals surface area contributed by atoms with Crippen molar-refractivity contribution in [2.75, 3.05) is 0 Å². The summed E-state index contributed by atoms with van der Waals surface area (Å²) in [6.45, 7) is 28.7. The van der Waals surface area contributed by atoms with Gasteiger partial charge in [-0.2, -0.15) is 0 Å². The lowest BCUT2D eigenvalue weighted by Gasteiger charge is -2.40. The summed E-state index contributed by atoms with van der Waals surface area (Å²) in [5, 5.41) is 0. The third-order valence-corrected chi connectivity index (χ3v) is 9.08. The summed E-state index contributed by atoms with van der Waals surface area (Å²) in [6, 6.07) is 40.5. The number of benzene rings is 5. The van der Waals surface area contributed by atoms with Gasteiger partial charge in [0.15, 0.2) is 0 Å². The number of rotatable bonds is 4. The molecule has 238 valence electrons. The average molecular weight is 607 g/mol. The van der Waals surface area contributed by atoms with Gasteiger partial charge < -0.3 is 0 Å². The largest absolute Gasteiger partial charge is 0.0622 e. The van der Waals surface area contributed by atoms with Gasteiger partial charge in [0.25, 0.3) is 0 Å². The van der Waals surface area contributed by atoms with Gasteiger partial charge in [-0.15, -0.1) is 0 Å². The summed E-state index contributed by atoms with van der Waals surface area (Å²) in [5.41, 5.74) is 15.8. The van der Waals surface area contributed by atoms with Crippen molar-refractivity contribution in [1.29, 1.82) is 0 Å². The van der Waals surface area contributed by atoms with E-state index in [4.69, 9.17) is 0 Å². The van der Waals surface area contributed by atoms with Crippen molar-refractivity contribution < 1.29 is 0 Å². The van der Waals surface area contributed by atoms with Crippen molar-refractivity contribution in [1.82, 2.24) is 0 Å². The van der Waals surface area contributed by atoms with Crippen LogP contribution in [0.1, 0.15) is 105 Å². The molecule has 0 heterocycles. The van der Waals surface area contributed by atoms with Crippen LogP contribution in [0.5, 0.6) is 0 Å². The normalized spacial score (nSPS) is 12.8. The fraction of sp³-hybridized carbons (Fsp3) is 0.348. The van der Waals surface area contributed by atoms with Gasteiger partial charge in [0, 0.05) is 0 Å². The van der Waals surface area contributed by atoms with Crippen LogP contribution in [0.25, 0.3) is 44.5 Å². The smallest absolute Gasteiger partial charge is 0.00173 e. The molecule has 0 aliphatic heterocycles. The van der Waals surface area contributed by atoms with Crippen LogP contribution < -0.4 is 0 Å². The van der Waals surface area contributed by atoms with Gasteiger partial charge in [-0.05, 0) is 88.4 Å². The van der Waals surface area contributed by atoms with E-state index >= 15 is 0 Å². The standard InChI is InChI=1S/C46H54/c1-43(2,3)35-30-22-29-34(40(35)44(4,5)6)39-37(32-25-18-14-19-26-32)36(31-23-16-13-17-24-31)38(33-27-20-15-21-28-33)41(45(7,8)9)42(39)46(10,11)12/h13-30H,1-12H3. The van der Waals surface area contributed by atoms with Crippen molar-refractivity contribution in [2.45, 2.75) is 105 Å². The molecule has 46 heavy (non-hydrogen) atoms. The van der Waals surface area contributed by atoms with E-state index in [1.165, 1.54) is 66.8 Å². The van der Waals surface area contributed by atoms with E-state index in [-0.39, 0.29) is 21.7 Å². The van der Waals surface area contributed by atoms with E-state index in [0.29, 0.717) is 0 Å². The van der Waals surface area contributed by atoms with E-state index in [0.717, 1.165) is 0 Å². The Morgan fingerprint density at radius 2 is 0.630 bits per heavy atom. The first-order chi connectivity index (χ1) is 21.4. The molecule has 0 radical (unpaired) electrons. The summed E-state index contributed by atoms with van der Waals surface area (Å²) < 4.78 is 0. The lowest BCUT2D eigenvalue weighted by Crippen LogP contribution is -2.27. The van der Waals surface area contributed by atoms with Gasteiger partial charge in [-0.1, -0.05) is 192 Å². The Morgan fingerprint density at radius 1 is 0.283 bits per heavy atom. The molecule has 0 atom stereocenters. The molecule has 5 aromatic rings. The van der Waals surface area contributed by atoms with Gasteiger partial charge in [-0.3, -0.25) is 0 Å². The minimum atomic E-state index is -0.146. The van der Waals surface area contributed by atoms with Gasteiger partial charge in [0.1, 0.15) is 0 Å². The third-order valence-electron chi connectivity index (χ3n) is 9.08. The van der Waals surface area contributed by atoms with Crippen LogP contribution in [0.2, 0.25) is 0 Å². The van der Waals surface area contributed by atoms with Crippen LogP contribution in [0, 0.1) is 0 Å². The quantitative estimate of drug-likeness (QED) is 0.191. The van der Waals surface area contributed by atoms with Crippen molar-refractivity contribution >= 4 is 0 Å². The molecule has 0 aliphatic carbocycles. The first-order valence-electron chi connectivity index (χ1n) is 17.0. The molecule has 5 aromatic carbocycles. The highest BCUT2D eigenvalue weighted by Gasteiger charge is 2.38. The summed E-state index contributed by atoms with van der Waals surface area (Å²) in [7, 11) is 0. The summed E-state index contributed by atoms with van der Waals surface area (Å²) >= 11 is 0. The topological polar surface area (TPSA) is 0 Å². The van der Waals surface area contributed by atoms with Crippen LogP contribution >= 0.6 is 0 Å². The van der Waals surface area contributed by atoms with Crippen LogP contribution in [0.15, 0.2) is 109 Å². The van der Waals surface area contributed by atoms with Gasteiger partial charge in [0.05, 0.1) is 0 Å². The number of hydrogen-bond acceptors (Lipinski definition) is 0. The van der Waals surface area contributed by atoms with Crippen LogP contribution in [0.3, 0.4) is 0 Å². The van der Waals surface area contributed by atoms with Crippen LogP contribution in [-0.4, -0.2) is 0 Å². The molecule has 0 unspecified atom stereocenters. The van der Waals surface area contributed by atoms with Gasteiger partial charge >= 0.3 is 0 Å². The second kappa shape index (κ2) is 12.0. The fourth-order valence-corrected chi connectivity index (χ4v) is 7.39. The van der Waals surface area contributed by atoms with Crippen molar-refractivity contribution in [3.05, 3.63) is 131 Å². The predicted octanol–water partition coefficient (Wildman–Crippen LogP) is 13.5. The highest BCUT2D eigenvalue weighted by molar-refractivity contribution is 6.05. The van der Waals surface area contributed by atoms with Crippen molar-refractivity contribution in [2.24, 2.45) is 0 Å². The zero-order valence-electron chi connectivity index (χ0n) is 30.4. The molecule has 0 heteroatoms. The zero-order valence-corrected chi connectivity index (χ0v) is 30.4. The summed E-state index contributed by atoms with van der Waals surface area (Å²) in [4.78, 5) is 0. The van der Waals surface area contributed by atoms with Crippen molar-refractivity contribution in [3.63, 3.8) is 0 Å². The molecule has 0 spiro atoms. The number of hydrogen-bond donors (Lipinski definition) is 0. The lowest BCUT2D eigenvalue weighted by molar-refractivity contribution is 0.527. The Morgan fingerprint density at radius 3 is 1.00 bits per heavy atom. The lowest BCUT2D eigenvalue weighted by atomic mass is 9.63. The minimum Gasteiger partial charge on any atom is -0.0622 e. The van der Waals surface area contributed by atoms with E-state index in [9.17, 15) is 0 Å². The van der Waals surface area contributed by atoms with E-state index in [1.807, 2.05) is 0 Å². The molecular weight excluding hydrogens is 553 g/mol. The Hall–Kier alpha value is -3.90. The maximum Gasteiger partial charge on any atom is -0.00173 e. The Balaban J connectivity index is 2.24. The fourth-order valence-electron chi connectivity index (χ4n) is 7.39. The van der Waals surface area contributed by atoms with Gasteiger partial charge in [-0.25, -0.2) is 0 Å². The van der Waals surface area contributed by atoms with E-state index in [1.54, 1.807) is 0 Å². The average Bonchev–Trinajstić information content (AvgIpc) is 2.98. The van der Waals surface area contributed by atoms with E-state index in [2.05, 4.69) is 192 Å². The van der Waals surface area contributed by atoms with Gasteiger partial charge in [0.2, 0.25) is 0 Å². The summed E-state index contributed by atoms with van der Waals surface area (Å²) in [5.74, 6) is 0. The Bertz CT molecular complexity index is 1810. The highest BCUT2D eigenvalue weighted by atomic mass is 14.4. The summed E-state index contributed by atoms with van der Waals surface area (Å²) in [6.07, 6.45) is 0. The van der Waals surface area contributed by atoms with Crippen LogP contribution in [0.4, 0.5) is 0 Å². The molecule has 0 saturated heterocycles. The Labute approximate surface area is 279 Å². The van der Waals surface area contributed by atoms with Crippen LogP contribution in [-0.2, 0) is 21.7 Å². The molecule has 0 saturated carbocycles. The Kier molecular flexibility index (Phi) is 8.76. The molecule has 0 nitrogen and oxygen atoms in total. The first-order valence-corrected chi connectivity index (χ1v) is 17.0. The molecule has 0 bridgehead atoms. The third kappa shape index (κ3) is 6.37. The van der Waals surface area contributed by atoms with E-state index < -0.39 is 0 Å². The molecule has 5 rings (SSSR count). The first kappa shape index (κ1) is 33.5. The molecular formula is C46H54. The second-order valence-corrected chi connectivity index (χ2v) is 17.1. The van der Waals surface area contributed by atoms with Crippen molar-refractivity contribution in [3.8, 4) is 44.5 Å². The molecule has 0 aliphatic rings. The molecule has 0 aromatic heterocycles. The maximum absolute atomic E-state index is 2.41. The monoisotopic (exact) mass is 606 g/mol. The molecule has 0 amide bonds. The maximum atomic E-state index is 2.41. The molecule has 0 N–H and O–H groups in total. The highest BCUT2D eigenvalue weighted by Crippen LogP contribution is 2.56. The minimum absolute atomic E-state index is 0.00741. The predicted molar refractivity (Wildman–Crippen MR) is 203 cm³/mol. The molecule has 0 fully saturated rings. The SMILES string of the molecule is CC(C)(C)c1cccc(-c2c(-c3ccccc3)c(-c3ccccc3)c(-c3ccccc3)c(C(C)(C)C)c2C(C)(C)C)c1C(C)(C)C. The second-order valence-electron chi connectivity index (χ2n) is 17.1. The zero-order chi connectivity index (χ0) is 33.7.